The Morgan fingerprint density at radius 2 is 1.73 bits per heavy atom. The van der Waals surface area contributed by atoms with E-state index in [0.717, 1.165) is 28.6 Å². The highest BCUT2D eigenvalue weighted by molar-refractivity contribution is 5.83. The molecule has 0 bridgehead atoms. The predicted octanol–water partition coefficient (Wildman–Crippen LogP) is 4.49. The first-order valence-electron chi connectivity index (χ1n) is 9.44. The zero-order chi connectivity index (χ0) is 21.7. The lowest BCUT2D eigenvalue weighted by Gasteiger charge is -2.16. The van der Waals surface area contributed by atoms with Gasteiger partial charge in [-0.1, -0.05) is 30.3 Å². The van der Waals surface area contributed by atoms with Gasteiger partial charge in [-0.3, -0.25) is 9.59 Å². The molecule has 1 atom stereocenters. The summed E-state index contributed by atoms with van der Waals surface area (Å²) in [5.41, 5.74) is 1.62. The fourth-order valence-electron chi connectivity index (χ4n) is 3.43. The fourth-order valence-corrected chi connectivity index (χ4v) is 3.43. The number of aromatic amines is 1. The van der Waals surface area contributed by atoms with Gasteiger partial charge in [-0.25, -0.2) is 0 Å². The van der Waals surface area contributed by atoms with Crippen LogP contribution in [0.3, 0.4) is 0 Å². The van der Waals surface area contributed by atoms with Gasteiger partial charge in [-0.2, -0.15) is 13.2 Å². The summed E-state index contributed by atoms with van der Waals surface area (Å²) in [4.78, 5) is 26.7. The van der Waals surface area contributed by atoms with Gasteiger partial charge >= 0.3 is 12.1 Å². The minimum absolute atomic E-state index is 0.119. The third kappa shape index (κ3) is 5.40. The van der Waals surface area contributed by atoms with Crippen molar-refractivity contribution in [3.63, 3.8) is 0 Å². The molecule has 8 heteroatoms. The van der Waals surface area contributed by atoms with Crippen LogP contribution in [0.25, 0.3) is 10.9 Å². The van der Waals surface area contributed by atoms with E-state index >= 15 is 0 Å². The quantitative estimate of drug-likeness (QED) is 0.504. The van der Waals surface area contributed by atoms with Gasteiger partial charge in [0.1, 0.15) is 0 Å². The molecular weight excluding hydrogens is 397 g/mol. The number of H-pyrrole nitrogens is 1. The molecule has 0 radical (unpaired) electrons. The van der Waals surface area contributed by atoms with Crippen molar-refractivity contribution in [3.05, 3.63) is 71.4 Å². The van der Waals surface area contributed by atoms with Crippen LogP contribution < -0.4 is 5.32 Å². The first-order chi connectivity index (χ1) is 14.2. The lowest BCUT2D eigenvalue weighted by molar-refractivity contribution is -0.138. The number of carbonyl (C=O) groups is 2. The van der Waals surface area contributed by atoms with Crippen LogP contribution in [0, 0.1) is 0 Å². The van der Waals surface area contributed by atoms with Gasteiger partial charge in [-0.05, 0) is 35.7 Å². The Labute approximate surface area is 170 Å². The maximum atomic E-state index is 12.7. The van der Waals surface area contributed by atoms with Gasteiger partial charge in [-0.15, -0.1) is 0 Å². The molecule has 0 unspecified atom stereocenters. The molecule has 3 rings (SSSR count). The average Bonchev–Trinajstić information content (AvgIpc) is 3.10. The third-order valence-electron chi connectivity index (χ3n) is 4.95. The van der Waals surface area contributed by atoms with Gasteiger partial charge in [0.25, 0.3) is 0 Å². The van der Waals surface area contributed by atoms with E-state index in [-0.39, 0.29) is 18.7 Å². The standard InChI is InChI=1S/C22H21F3N2O3/c23-22(24,25)17-7-5-14(6-8-17)16(12-21(29)30)11-20(28)26-10-9-15-13-27-19-4-2-1-3-18(15)19/h1-8,13,16,27H,9-12H2,(H,26,28)(H,29,30)/t16-/m0/s1. The Hall–Kier alpha value is -3.29. The number of amides is 1. The van der Waals surface area contributed by atoms with E-state index in [2.05, 4.69) is 10.3 Å². The number of carbonyl (C=O) groups excluding carboxylic acids is 1. The summed E-state index contributed by atoms with van der Waals surface area (Å²) in [6, 6.07) is 12.1. The highest BCUT2D eigenvalue weighted by atomic mass is 19.4. The average molecular weight is 418 g/mol. The summed E-state index contributed by atoms with van der Waals surface area (Å²) < 4.78 is 38.2. The van der Waals surface area contributed by atoms with Crippen molar-refractivity contribution in [1.82, 2.24) is 10.3 Å². The van der Waals surface area contributed by atoms with E-state index in [1.165, 1.54) is 12.1 Å². The van der Waals surface area contributed by atoms with Gasteiger partial charge < -0.3 is 15.4 Å². The number of halogens is 3. The van der Waals surface area contributed by atoms with Crippen molar-refractivity contribution in [2.24, 2.45) is 0 Å². The molecule has 1 heterocycles. The van der Waals surface area contributed by atoms with Gasteiger partial charge in [0.2, 0.25) is 5.91 Å². The number of hydrogen-bond acceptors (Lipinski definition) is 2. The van der Waals surface area contributed by atoms with Crippen molar-refractivity contribution >= 4 is 22.8 Å². The van der Waals surface area contributed by atoms with Crippen LogP contribution in [0.4, 0.5) is 13.2 Å². The molecule has 0 aliphatic carbocycles. The number of fused-ring (bicyclic) bond motifs is 1. The molecule has 158 valence electrons. The van der Waals surface area contributed by atoms with Crippen LogP contribution >= 0.6 is 0 Å². The first kappa shape index (κ1) is 21.4. The highest BCUT2D eigenvalue weighted by Crippen LogP contribution is 2.31. The zero-order valence-electron chi connectivity index (χ0n) is 16.0. The smallest absolute Gasteiger partial charge is 0.416 e. The third-order valence-corrected chi connectivity index (χ3v) is 4.95. The van der Waals surface area contributed by atoms with E-state index in [9.17, 15) is 22.8 Å². The Morgan fingerprint density at radius 1 is 1.03 bits per heavy atom. The SMILES string of the molecule is O=C(O)C[C@H](CC(=O)NCCc1c[nH]c2ccccc12)c1ccc(C(F)(F)F)cc1. The number of para-hydroxylation sites is 1. The molecule has 0 aliphatic rings. The van der Waals surface area contributed by atoms with Crippen LogP contribution in [0.5, 0.6) is 0 Å². The molecule has 1 aromatic heterocycles. The second kappa shape index (κ2) is 9.02. The molecule has 3 aromatic rings. The second-order valence-corrected chi connectivity index (χ2v) is 7.08. The molecule has 0 saturated carbocycles. The predicted molar refractivity (Wildman–Crippen MR) is 106 cm³/mol. The molecule has 0 fully saturated rings. The van der Waals surface area contributed by atoms with Gasteiger partial charge in [0.15, 0.2) is 0 Å². The molecule has 5 nitrogen and oxygen atoms in total. The van der Waals surface area contributed by atoms with Gasteiger partial charge in [0.05, 0.1) is 12.0 Å². The summed E-state index contributed by atoms with van der Waals surface area (Å²) in [6.45, 7) is 0.369. The monoisotopic (exact) mass is 418 g/mol. The topological polar surface area (TPSA) is 82.2 Å². The maximum Gasteiger partial charge on any atom is 0.416 e. The number of carboxylic acid groups (broad SMARTS) is 1. The minimum Gasteiger partial charge on any atom is -0.481 e. The van der Waals surface area contributed by atoms with Crippen LogP contribution in [-0.2, 0) is 22.2 Å². The summed E-state index contributed by atoms with van der Waals surface area (Å²) >= 11 is 0. The summed E-state index contributed by atoms with van der Waals surface area (Å²) in [5.74, 6) is -2.18. The van der Waals surface area contributed by atoms with E-state index in [1.54, 1.807) is 0 Å². The molecule has 0 aliphatic heterocycles. The minimum atomic E-state index is -4.47. The summed E-state index contributed by atoms with van der Waals surface area (Å²) in [7, 11) is 0. The molecule has 0 saturated heterocycles. The first-order valence-corrected chi connectivity index (χ1v) is 9.44. The number of rotatable bonds is 8. The lowest BCUT2D eigenvalue weighted by atomic mass is 9.91. The van der Waals surface area contributed by atoms with Crippen molar-refractivity contribution in [2.75, 3.05) is 6.54 Å². The van der Waals surface area contributed by atoms with Crippen molar-refractivity contribution in [2.45, 2.75) is 31.4 Å². The van der Waals surface area contributed by atoms with Gasteiger partial charge in [0, 0.05) is 36.0 Å². The number of aliphatic carboxylic acids is 1. The van der Waals surface area contributed by atoms with E-state index in [1.807, 2.05) is 30.5 Å². The molecule has 1 amide bonds. The molecule has 3 N–H and O–H groups in total. The van der Waals surface area contributed by atoms with Crippen LogP contribution in [0.2, 0.25) is 0 Å². The Morgan fingerprint density at radius 3 is 2.40 bits per heavy atom. The molecule has 2 aromatic carbocycles. The van der Waals surface area contributed by atoms with E-state index in [4.69, 9.17) is 5.11 Å². The number of nitrogens with one attached hydrogen (secondary N) is 2. The number of hydrogen-bond donors (Lipinski definition) is 3. The summed E-state index contributed by atoms with van der Waals surface area (Å²) in [5, 5.41) is 13.0. The number of alkyl halides is 3. The summed E-state index contributed by atoms with van der Waals surface area (Å²) in [6.07, 6.45) is -2.46. The van der Waals surface area contributed by atoms with Crippen molar-refractivity contribution in [3.8, 4) is 0 Å². The molecular formula is C22H21F3N2O3. The number of benzene rings is 2. The van der Waals surface area contributed by atoms with E-state index < -0.39 is 23.6 Å². The molecule has 0 spiro atoms. The van der Waals surface area contributed by atoms with Crippen LogP contribution in [0.15, 0.2) is 54.7 Å². The Balaban J connectivity index is 1.60. The Kier molecular flexibility index (Phi) is 6.44. The lowest BCUT2D eigenvalue weighted by Crippen LogP contribution is -2.27. The zero-order valence-corrected chi connectivity index (χ0v) is 16.0. The largest absolute Gasteiger partial charge is 0.481 e. The normalized spacial score (nSPS) is 12.6. The van der Waals surface area contributed by atoms with Crippen LogP contribution in [0.1, 0.15) is 35.4 Å². The molecule has 30 heavy (non-hydrogen) atoms. The Bertz CT molecular complexity index is 1030. The second-order valence-electron chi connectivity index (χ2n) is 7.08. The van der Waals surface area contributed by atoms with E-state index in [0.29, 0.717) is 18.5 Å². The highest BCUT2D eigenvalue weighted by Gasteiger charge is 2.30. The fraction of sp³-hybridized carbons (Fsp3) is 0.273. The maximum absolute atomic E-state index is 12.7. The van der Waals surface area contributed by atoms with Crippen molar-refractivity contribution in [1.29, 1.82) is 0 Å². The van der Waals surface area contributed by atoms with Crippen molar-refractivity contribution < 1.29 is 27.9 Å². The van der Waals surface area contributed by atoms with Crippen LogP contribution in [-0.4, -0.2) is 28.5 Å². The number of aromatic nitrogens is 1. The number of carboxylic acids is 1.